The van der Waals surface area contributed by atoms with E-state index in [0.29, 0.717) is 29.2 Å². The number of hydrogen-bond acceptors (Lipinski definition) is 6. The van der Waals surface area contributed by atoms with Gasteiger partial charge in [0, 0.05) is 32.4 Å². The number of aliphatic imine (C=N–C) groups is 1. The molecule has 0 bridgehead atoms. The molecule has 136 valence electrons. The third-order valence-electron chi connectivity index (χ3n) is 3.77. The van der Waals surface area contributed by atoms with Crippen LogP contribution in [0.1, 0.15) is 18.1 Å². The highest BCUT2D eigenvalue weighted by Crippen LogP contribution is 2.25. The molecule has 0 amide bonds. The number of halogens is 2. The molecule has 0 spiro atoms. The van der Waals surface area contributed by atoms with Crippen molar-refractivity contribution >= 4 is 47.4 Å². The summed E-state index contributed by atoms with van der Waals surface area (Å²) in [6, 6.07) is 3.96. The lowest BCUT2D eigenvalue weighted by Gasteiger charge is -2.20. The molecule has 0 saturated carbocycles. The monoisotopic (exact) mass is 477 g/mol. The molecule has 2 aromatic rings. The summed E-state index contributed by atoms with van der Waals surface area (Å²) < 4.78 is 5.08. The zero-order valence-corrected chi connectivity index (χ0v) is 17.2. The molecule has 1 saturated heterocycles. The number of nitrogens with one attached hydrogen (secondary N) is 2. The van der Waals surface area contributed by atoms with Gasteiger partial charge in [-0.3, -0.25) is 4.99 Å². The van der Waals surface area contributed by atoms with E-state index in [2.05, 4.69) is 35.7 Å². The van der Waals surface area contributed by atoms with Gasteiger partial charge >= 0.3 is 0 Å². The summed E-state index contributed by atoms with van der Waals surface area (Å²) in [7, 11) is 1.73. The van der Waals surface area contributed by atoms with Crippen LogP contribution in [0.2, 0.25) is 5.02 Å². The molecule has 1 aliphatic heterocycles. The molecule has 1 aliphatic rings. The van der Waals surface area contributed by atoms with E-state index < -0.39 is 0 Å². The summed E-state index contributed by atoms with van der Waals surface area (Å²) in [6.45, 7) is 3.93. The van der Waals surface area contributed by atoms with Crippen LogP contribution in [-0.4, -0.2) is 47.3 Å². The van der Waals surface area contributed by atoms with E-state index in [1.54, 1.807) is 20.2 Å². The van der Waals surface area contributed by atoms with Crippen LogP contribution in [0, 0.1) is 6.92 Å². The Labute approximate surface area is 168 Å². The number of anilines is 1. The van der Waals surface area contributed by atoms with Gasteiger partial charge in [-0.1, -0.05) is 16.8 Å². The summed E-state index contributed by atoms with van der Waals surface area (Å²) in [5.41, 5.74) is 0. The van der Waals surface area contributed by atoms with Gasteiger partial charge in [-0.05, 0) is 25.5 Å². The van der Waals surface area contributed by atoms with Gasteiger partial charge in [0.05, 0.1) is 11.6 Å². The zero-order chi connectivity index (χ0) is 16.9. The maximum Gasteiger partial charge on any atom is 0.246 e. The van der Waals surface area contributed by atoms with E-state index in [-0.39, 0.29) is 30.0 Å². The number of rotatable bonds is 4. The Morgan fingerprint density at radius 1 is 1.52 bits per heavy atom. The summed E-state index contributed by atoms with van der Waals surface area (Å²) in [5.74, 6) is 2.68. The van der Waals surface area contributed by atoms with Crippen LogP contribution in [0.4, 0.5) is 5.82 Å². The van der Waals surface area contributed by atoms with Gasteiger partial charge in [0.25, 0.3) is 0 Å². The first-order valence-corrected chi connectivity index (χ1v) is 8.15. The molecule has 2 N–H and O–H groups in total. The highest BCUT2D eigenvalue weighted by Gasteiger charge is 2.25. The van der Waals surface area contributed by atoms with Gasteiger partial charge in [-0.25, -0.2) is 4.98 Å². The molecule has 3 heterocycles. The average molecular weight is 478 g/mol. The summed E-state index contributed by atoms with van der Waals surface area (Å²) in [5, 5.41) is 11.0. The fourth-order valence-electron chi connectivity index (χ4n) is 2.64. The maximum absolute atomic E-state index is 6.22. The van der Waals surface area contributed by atoms with Crippen LogP contribution in [-0.2, 0) is 6.54 Å². The molecule has 8 nitrogen and oxygen atoms in total. The molecular formula is C15H21ClIN7O. The van der Waals surface area contributed by atoms with Crippen molar-refractivity contribution in [2.45, 2.75) is 25.9 Å². The molecule has 0 aliphatic carbocycles. The molecule has 0 radical (unpaired) electrons. The van der Waals surface area contributed by atoms with E-state index >= 15 is 0 Å². The Hall–Kier alpha value is -1.62. The van der Waals surface area contributed by atoms with Gasteiger partial charge < -0.3 is 20.1 Å². The first-order valence-electron chi connectivity index (χ1n) is 7.77. The molecule has 1 atom stereocenters. The fraction of sp³-hybridized carbons (Fsp3) is 0.467. The van der Waals surface area contributed by atoms with Crippen LogP contribution in [0.15, 0.2) is 27.8 Å². The first kappa shape index (κ1) is 19.7. The number of pyridine rings is 1. The Kier molecular flexibility index (Phi) is 7.24. The van der Waals surface area contributed by atoms with Crippen molar-refractivity contribution in [1.29, 1.82) is 0 Å². The maximum atomic E-state index is 6.22. The number of hydrogen-bond donors (Lipinski definition) is 2. The smallest absolute Gasteiger partial charge is 0.246 e. The molecule has 10 heteroatoms. The number of nitrogens with zero attached hydrogens (tertiary/aromatic N) is 5. The molecule has 0 aromatic carbocycles. The lowest BCUT2D eigenvalue weighted by atomic mass is 10.3. The van der Waals surface area contributed by atoms with Crippen LogP contribution < -0.4 is 15.5 Å². The van der Waals surface area contributed by atoms with E-state index in [9.17, 15) is 0 Å². The quantitative estimate of drug-likeness (QED) is 0.395. The minimum Gasteiger partial charge on any atom is -0.353 e. The van der Waals surface area contributed by atoms with Gasteiger partial charge in [0.2, 0.25) is 5.89 Å². The first-order chi connectivity index (χ1) is 11.7. The fourth-order valence-corrected chi connectivity index (χ4v) is 2.88. The second kappa shape index (κ2) is 9.18. The minimum atomic E-state index is 0. The Balaban J connectivity index is 0.00000225. The number of guanidine groups is 1. The van der Waals surface area contributed by atoms with Crippen molar-refractivity contribution in [2.75, 3.05) is 25.0 Å². The van der Waals surface area contributed by atoms with Crippen molar-refractivity contribution < 1.29 is 4.52 Å². The average Bonchev–Trinajstić information content (AvgIpc) is 3.21. The molecular weight excluding hydrogens is 457 g/mol. The lowest BCUT2D eigenvalue weighted by molar-refractivity contribution is 0.371. The van der Waals surface area contributed by atoms with Crippen molar-refractivity contribution in [3.05, 3.63) is 35.1 Å². The van der Waals surface area contributed by atoms with Crippen LogP contribution in [0.25, 0.3) is 0 Å². The summed E-state index contributed by atoms with van der Waals surface area (Å²) in [6.07, 6.45) is 2.74. The topological polar surface area (TPSA) is 91.5 Å². The van der Waals surface area contributed by atoms with Crippen LogP contribution in [0.3, 0.4) is 0 Å². The largest absolute Gasteiger partial charge is 0.353 e. The van der Waals surface area contributed by atoms with Gasteiger partial charge in [0.15, 0.2) is 11.8 Å². The summed E-state index contributed by atoms with van der Waals surface area (Å²) in [4.78, 5) is 14.9. The third-order valence-corrected chi connectivity index (χ3v) is 4.06. The Morgan fingerprint density at radius 3 is 3.04 bits per heavy atom. The number of aryl methyl sites for hydroxylation is 1. The molecule has 2 aromatic heterocycles. The van der Waals surface area contributed by atoms with E-state index in [1.165, 1.54) is 0 Å². The predicted octanol–water partition coefficient (Wildman–Crippen LogP) is 1.99. The lowest BCUT2D eigenvalue weighted by Crippen LogP contribution is -2.44. The Bertz CT molecular complexity index is 723. The van der Waals surface area contributed by atoms with Gasteiger partial charge in [-0.2, -0.15) is 4.98 Å². The molecule has 1 unspecified atom stereocenters. The van der Waals surface area contributed by atoms with Gasteiger partial charge in [-0.15, -0.1) is 24.0 Å². The van der Waals surface area contributed by atoms with E-state index in [0.717, 1.165) is 25.3 Å². The van der Waals surface area contributed by atoms with Crippen LogP contribution in [0.5, 0.6) is 0 Å². The Morgan fingerprint density at radius 2 is 2.36 bits per heavy atom. The minimum absolute atomic E-state index is 0. The van der Waals surface area contributed by atoms with Crippen LogP contribution >= 0.6 is 35.6 Å². The molecule has 25 heavy (non-hydrogen) atoms. The highest BCUT2D eigenvalue weighted by molar-refractivity contribution is 14.0. The standard InChI is InChI=1S/C15H20ClN7O.HI/c1-10-20-13(24-22-10)8-19-15(17-2)21-11-5-7-23(9-11)14-12(16)4-3-6-18-14;/h3-4,6,11H,5,7-9H2,1-2H3,(H2,17,19,21);1H. The second-order valence-electron chi connectivity index (χ2n) is 5.55. The van der Waals surface area contributed by atoms with Gasteiger partial charge in [0.1, 0.15) is 5.82 Å². The molecule has 1 fully saturated rings. The van der Waals surface area contributed by atoms with Crippen molar-refractivity contribution in [3.8, 4) is 0 Å². The molecule has 3 rings (SSSR count). The highest BCUT2D eigenvalue weighted by atomic mass is 127. The second-order valence-corrected chi connectivity index (χ2v) is 5.95. The normalized spacial score (nSPS) is 17.3. The van der Waals surface area contributed by atoms with E-state index in [4.69, 9.17) is 16.1 Å². The summed E-state index contributed by atoms with van der Waals surface area (Å²) >= 11 is 6.22. The third kappa shape index (κ3) is 5.18. The van der Waals surface area contributed by atoms with Crippen molar-refractivity contribution in [2.24, 2.45) is 4.99 Å². The van der Waals surface area contributed by atoms with Crippen molar-refractivity contribution in [3.63, 3.8) is 0 Å². The van der Waals surface area contributed by atoms with E-state index in [1.807, 2.05) is 12.1 Å². The zero-order valence-electron chi connectivity index (χ0n) is 14.1. The predicted molar refractivity (Wildman–Crippen MR) is 108 cm³/mol. The number of aromatic nitrogens is 3. The van der Waals surface area contributed by atoms with Crippen molar-refractivity contribution in [1.82, 2.24) is 25.8 Å². The SMILES string of the molecule is CN=C(NCc1nc(C)no1)NC1CCN(c2ncccc2Cl)C1.I.